The second-order valence-corrected chi connectivity index (χ2v) is 7.39. The fourth-order valence-electron chi connectivity index (χ4n) is 2.38. The first kappa shape index (κ1) is 16.2. The van der Waals surface area contributed by atoms with Gasteiger partial charge in [-0.15, -0.1) is 0 Å². The van der Waals surface area contributed by atoms with Gasteiger partial charge in [-0.2, -0.15) is 9.57 Å². The molecule has 0 spiro atoms. The molecular weight excluding hydrogens is 312 g/mol. The molecule has 0 amide bonds. The van der Waals surface area contributed by atoms with Gasteiger partial charge in [0, 0.05) is 18.1 Å². The van der Waals surface area contributed by atoms with Crippen molar-refractivity contribution in [2.75, 3.05) is 13.1 Å². The molecule has 1 saturated heterocycles. The van der Waals surface area contributed by atoms with E-state index in [-0.39, 0.29) is 29.2 Å². The Balaban J connectivity index is 2.40. The summed E-state index contributed by atoms with van der Waals surface area (Å²) in [4.78, 5) is -0.00152. The highest BCUT2D eigenvalue weighted by molar-refractivity contribution is 7.89. The normalized spacial score (nSPS) is 23.7. The summed E-state index contributed by atoms with van der Waals surface area (Å²) in [5.74, 6) is 0. The summed E-state index contributed by atoms with van der Waals surface area (Å²) in [7, 11) is -3.73. The molecule has 7 heteroatoms. The molecule has 0 aliphatic carbocycles. The molecule has 1 aromatic rings. The van der Waals surface area contributed by atoms with Crippen LogP contribution in [0.3, 0.4) is 0 Å². The first-order chi connectivity index (χ1) is 9.88. The van der Waals surface area contributed by atoms with Gasteiger partial charge in [0.15, 0.2) is 0 Å². The quantitative estimate of drug-likeness (QED) is 0.854. The molecule has 1 fully saturated rings. The Kier molecular flexibility index (Phi) is 4.89. The number of sulfonamides is 1. The molecule has 1 aliphatic heterocycles. The maximum atomic E-state index is 12.8. The average Bonchev–Trinajstić information content (AvgIpc) is 2.46. The largest absolute Gasteiger partial charge is 0.373 e. The molecule has 5 nitrogen and oxygen atoms in total. The predicted molar refractivity (Wildman–Crippen MR) is 79.6 cm³/mol. The molecule has 1 aromatic carbocycles. The van der Waals surface area contributed by atoms with Crippen molar-refractivity contribution in [3.63, 3.8) is 0 Å². The van der Waals surface area contributed by atoms with Gasteiger partial charge in [0.05, 0.1) is 17.8 Å². The van der Waals surface area contributed by atoms with E-state index in [1.807, 2.05) is 19.9 Å². The first-order valence-electron chi connectivity index (χ1n) is 6.73. The van der Waals surface area contributed by atoms with Crippen LogP contribution in [0.1, 0.15) is 25.8 Å². The minimum atomic E-state index is -3.73. The zero-order valence-electron chi connectivity index (χ0n) is 11.9. The summed E-state index contributed by atoms with van der Waals surface area (Å²) in [5.41, 5.74) is 0.0645. The highest BCUT2D eigenvalue weighted by Crippen LogP contribution is 2.26. The molecular formula is C14H17ClN2O3S. The van der Waals surface area contributed by atoms with Crippen LogP contribution in [0.4, 0.5) is 0 Å². The number of hydrogen-bond donors (Lipinski definition) is 0. The van der Waals surface area contributed by atoms with Crippen LogP contribution in [0.15, 0.2) is 23.1 Å². The average molecular weight is 329 g/mol. The number of halogens is 1. The third kappa shape index (κ3) is 3.38. The van der Waals surface area contributed by atoms with E-state index in [2.05, 4.69) is 0 Å². The first-order valence-corrected chi connectivity index (χ1v) is 8.55. The third-order valence-corrected chi connectivity index (χ3v) is 5.55. The molecule has 0 radical (unpaired) electrons. The summed E-state index contributed by atoms with van der Waals surface area (Å²) < 4.78 is 32.6. The Morgan fingerprint density at radius 1 is 1.48 bits per heavy atom. The number of hydrogen-bond acceptors (Lipinski definition) is 4. The van der Waals surface area contributed by atoms with E-state index >= 15 is 0 Å². The fraction of sp³-hybridized carbons (Fsp3) is 0.500. The van der Waals surface area contributed by atoms with E-state index in [4.69, 9.17) is 21.6 Å². The topological polar surface area (TPSA) is 70.4 Å². The number of rotatable bonds is 3. The van der Waals surface area contributed by atoms with Gasteiger partial charge in [-0.3, -0.25) is 0 Å². The van der Waals surface area contributed by atoms with Crippen molar-refractivity contribution in [2.45, 2.75) is 37.4 Å². The summed E-state index contributed by atoms with van der Waals surface area (Å²) >= 11 is 5.82. The number of nitriles is 1. The molecule has 0 N–H and O–H groups in total. The van der Waals surface area contributed by atoms with Crippen molar-refractivity contribution in [1.29, 1.82) is 5.26 Å². The maximum Gasteiger partial charge on any atom is 0.244 e. The lowest BCUT2D eigenvalue weighted by atomic mass is 10.2. The van der Waals surface area contributed by atoms with Gasteiger partial charge >= 0.3 is 0 Å². The van der Waals surface area contributed by atoms with Crippen molar-refractivity contribution < 1.29 is 13.2 Å². The van der Waals surface area contributed by atoms with E-state index in [0.717, 1.165) is 6.42 Å². The summed E-state index contributed by atoms with van der Waals surface area (Å²) in [6.45, 7) is 4.39. The van der Waals surface area contributed by atoms with Crippen LogP contribution in [0.5, 0.6) is 0 Å². The monoisotopic (exact) mass is 328 g/mol. The van der Waals surface area contributed by atoms with Crippen LogP contribution < -0.4 is 0 Å². The number of ether oxygens (including phenoxy) is 1. The molecule has 2 atom stereocenters. The predicted octanol–water partition coefficient (Wildman–Crippen LogP) is 2.40. The van der Waals surface area contributed by atoms with E-state index in [0.29, 0.717) is 11.6 Å². The molecule has 114 valence electrons. The van der Waals surface area contributed by atoms with Gasteiger partial charge in [-0.1, -0.05) is 18.5 Å². The van der Waals surface area contributed by atoms with Crippen molar-refractivity contribution >= 4 is 21.6 Å². The van der Waals surface area contributed by atoms with E-state index in [1.54, 1.807) is 0 Å². The lowest BCUT2D eigenvalue weighted by molar-refractivity contribution is -0.0547. The number of nitrogens with zero attached hydrogens (tertiary/aromatic N) is 2. The second-order valence-electron chi connectivity index (χ2n) is 5.05. The zero-order chi connectivity index (χ0) is 15.6. The van der Waals surface area contributed by atoms with E-state index < -0.39 is 10.0 Å². The van der Waals surface area contributed by atoms with Crippen LogP contribution in [-0.2, 0) is 14.8 Å². The SMILES string of the molecule is CCC1CN(S(=O)(=O)c2ccc(Cl)cc2C#N)CC(C)O1. The van der Waals surface area contributed by atoms with Crippen LogP contribution >= 0.6 is 11.6 Å². The fourth-order valence-corrected chi connectivity index (χ4v) is 4.22. The molecule has 1 heterocycles. The van der Waals surface area contributed by atoms with Gasteiger partial charge in [0.25, 0.3) is 0 Å². The molecule has 0 bridgehead atoms. The summed E-state index contributed by atoms with van der Waals surface area (Å²) in [5, 5.41) is 9.48. The zero-order valence-corrected chi connectivity index (χ0v) is 13.5. The minimum absolute atomic E-state index is 0.00152. The maximum absolute atomic E-state index is 12.8. The smallest absolute Gasteiger partial charge is 0.244 e. The number of morpholine rings is 1. The second kappa shape index (κ2) is 6.32. The Labute approximate surface area is 130 Å². The van der Waals surface area contributed by atoms with Crippen molar-refractivity contribution in [3.05, 3.63) is 28.8 Å². The van der Waals surface area contributed by atoms with Gasteiger partial charge < -0.3 is 4.74 Å². The third-order valence-electron chi connectivity index (χ3n) is 3.43. The van der Waals surface area contributed by atoms with E-state index in [9.17, 15) is 8.42 Å². The van der Waals surface area contributed by atoms with Crippen molar-refractivity contribution in [1.82, 2.24) is 4.31 Å². The van der Waals surface area contributed by atoms with Gasteiger partial charge in [-0.25, -0.2) is 8.42 Å². The summed E-state index contributed by atoms with van der Waals surface area (Å²) in [6, 6.07) is 6.14. The highest BCUT2D eigenvalue weighted by Gasteiger charge is 2.34. The molecule has 0 aromatic heterocycles. The van der Waals surface area contributed by atoms with Crippen LogP contribution in [0.2, 0.25) is 5.02 Å². The number of benzene rings is 1. The van der Waals surface area contributed by atoms with E-state index in [1.165, 1.54) is 22.5 Å². The molecule has 21 heavy (non-hydrogen) atoms. The van der Waals surface area contributed by atoms with Crippen LogP contribution in [0.25, 0.3) is 0 Å². The molecule has 2 unspecified atom stereocenters. The lowest BCUT2D eigenvalue weighted by Gasteiger charge is -2.35. The van der Waals surface area contributed by atoms with Crippen molar-refractivity contribution in [3.8, 4) is 6.07 Å². The minimum Gasteiger partial charge on any atom is -0.373 e. The standard InChI is InChI=1S/C14H17ClN2O3S/c1-3-13-9-17(8-10(2)20-13)21(18,19)14-5-4-12(15)6-11(14)7-16/h4-6,10,13H,3,8-9H2,1-2H3. The lowest BCUT2D eigenvalue weighted by Crippen LogP contribution is -2.48. The van der Waals surface area contributed by atoms with Gasteiger partial charge in [0.1, 0.15) is 11.0 Å². The summed E-state index contributed by atoms with van der Waals surface area (Å²) in [6.07, 6.45) is 0.444. The Hall–Kier alpha value is -1.13. The highest BCUT2D eigenvalue weighted by atomic mass is 35.5. The van der Waals surface area contributed by atoms with Crippen LogP contribution in [-0.4, -0.2) is 38.0 Å². The van der Waals surface area contributed by atoms with Crippen LogP contribution in [0, 0.1) is 11.3 Å². The Morgan fingerprint density at radius 3 is 2.81 bits per heavy atom. The van der Waals surface area contributed by atoms with Gasteiger partial charge in [-0.05, 0) is 31.5 Å². The molecule has 0 saturated carbocycles. The van der Waals surface area contributed by atoms with Crippen molar-refractivity contribution in [2.24, 2.45) is 0 Å². The Bertz CT molecular complexity index is 669. The molecule has 1 aliphatic rings. The Morgan fingerprint density at radius 2 is 2.19 bits per heavy atom. The molecule has 2 rings (SSSR count). The van der Waals surface area contributed by atoms with Gasteiger partial charge in [0.2, 0.25) is 10.0 Å².